The van der Waals surface area contributed by atoms with E-state index < -0.39 is 5.97 Å². The van der Waals surface area contributed by atoms with Gasteiger partial charge in [0.25, 0.3) is 0 Å². The number of hydrogen-bond donors (Lipinski definition) is 1. The van der Waals surface area contributed by atoms with Gasteiger partial charge in [-0.05, 0) is 31.7 Å². The summed E-state index contributed by atoms with van der Waals surface area (Å²) in [6, 6.07) is 2.28. The highest BCUT2D eigenvalue weighted by atomic mass is 16.4. The van der Waals surface area contributed by atoms with Crippen LogP contribution in [0.3, 0.4) is 0 Å². The second-order valence-corrected chi connectivity index (χ2v) is 7.40. The molecule has 0 atom stereocenters. The molecule has 0 unspecified atom stereocenters. The normalized spacial score (nSPS) is 19.7. The minimum Gasteiger partial charge on any atom is -0.476 e. The van der Waals surface area contributed by atoms with E-state index in [0.29, 0.717) is 25.0 Å². The summed E-state index contributed by atoms with van der Waals surface area (Å²) >= 11 is 0. The van der Waals surface area contributed by atoms with Crippen LogP contribution in [0.25, 0.3) is 0 Å². The molecule has 2 aliphatic rings. The first kappa shape index (κ1) is 18.0. The third-order valence-corrected chi connectivity index (χ3v) is 5.64. The van der Waals surface area contributed by atoms with Crippen molar-refractivity contribution in [1.82, 2.24) is 14.7 Å². The van der Waals surface area contributed by atoms with Crippen LogP contribution >= 0.6 is 0 Å². The van der Waals surface area contributed by atoms with Gasteiger partial charge in [-0.15, -0.1) is 0 Å². The van der Waals surface area contributed by atoms with Crippen LogP contribution in [0.5, 0.6) is 0 Å². The Kier molecular flexibility index (Phi) is 6.10. The van der Waals surface area contributed by atoms with Crippen molar-refractivity contribution in [2.24, 2.45) is 0 Å². The van der Waals surface area contributed by atoms with Crippen LogP contribution in [0.1, 0.15) is 81.1 Å². The van der Waals surface area contributed by atoms with Crippen molar-refractivity contribution in [3.63, 3.8) is 0 Å². The first-order valence-electron chi connectivity index (χ1n) is 9.73. The Balaban J connectivity index is 1.63. The fraction of sp³-hybridized carbons (Fsp3) is 0.737. The lowest BCUT2D eigenvalue weighted by atomic mass is 9.88. The van der Waals surface area contributed by atoms with Crippen molar-refractivity contribution in [2.45, 2.75) is 89.3 Å². The molecule has 1 aromatic rings. The third kappa shape index (κ3) is 4.61. The Hall–Kier alpha value is -1.85. The van der Waals surface area contributed by atoms with Crippen molar-refractivity contribution in [3.8, 4) is 0 Å². The first-order chi connectivity index (χ1) is 12.1. The first-order valence-corrected chi connectivity index (χ1v) is 9.73. The fourth-order valence-electron chi connectivity index (χ4n) is 4.36. The molecular weight excluding hydrogens is 318 g/mol. The van der Waals surface area contributed by atoms with E-state index in [4.69, 9.17) is 5.11 Å². The van der Waals surface area contributed by atoms with E-state index in [1.165, 1.54) is 44.6 Å². The van der Waals surface area contributed by atoms with E-state index in [2.05, 4.69) is 10.00 Å². The number of rotatable bonds is 6. The number of aromatic nitrogens is 2. The number of carboxylic acids is 1. The van der Waals surface area contributed by atoms with Crippen LogP contribution in [-0.4, -0.2) is 43.7 Å². The summed E-state index contributed by atoms with van der Waals surface area (Å²) in [5, 5.41) is 13.0. The van der Waals surface area contributed by atoms with Gasteiger partial charge in [-0.2, -0.15) is 5.10 Å². The summed E-state index contributed by atoms with van der Waals surface area (Å²) in [6.45, 7) is 0.446. The molecule has 0 radical (unpaired) electrons. The number of amides is 1. The average Bonchev–Trinajstić information content (AvgIpc) is 3.11. The van der Waals surface area contributed by atoms with Gasteiger partial charge in [0.15, 0.2) is 5.69 Å². The van der Waals surface area contributed by atoms with Crippen molar-refractivity contribution < 1.29 is 14.7 Å². The molecule has 2 aliphatic carbocycles. The maximum absolute atomic E-state index is 13.0. The van der Waals surface area contributed by atoms with Gasteiger partial charge in [0.1, 0.15) is 0 Å². The zero-order chi connectivity index (χ0) is 17.6. The third-order valence-electron chi connectivity index (χ3n) is 5.64. The molecule has 1 amide bonds. The highest BCUT2D eigenvalue weighted by Crippen LogP contribution is 2.30. The molecule has 0 spiro atoms. The van der Waals surface area contributed by atoms with Crippen LogP contribution in [0, 0.1) is 0 Å². The number of carbonyl (C=O) groups excluding carboxylic acids is 1. The molecule has 1 N–H and O–H groups in total. The van der Waals surface area contributed by atoms with Gasteiger partial charge in [-0.25, -0.2) is 4.79 Å². The molecule has 1 aromatic heterocycles. The Morgan fingerprint density at radius 2 is 1.60 bits per heavy atom. The lowest BCUT2D eigenvalue weighted by molar-refractivity contribution is -0.138. The summed E-state index contributed by atoms with van der Waals surface area (Å²) < 4.78 is 1.57. The molecule has 2 saturated carbocycles. The molecule has 25 heavy (non-hydrogen) atoms. The molecule has 6 nitrogen and oxygen atoms in total. The summed E-state index contributed by atoms with van der Waals surface area (Å²) in [6.07, 6.45) is 14.0. The van der Waals surface area contributed by atoms with Crippen LogP contribution in [-0.2, 0) is 11.3 Å². The predicted octanol–water partition coefficient (Wildman–Crippen LogP) is 3.47. The standard InChI is InChI=1S/C19H29N3O3/c23-18(12-14-21-13-11-17(20-21)19(24)25)22(15-7-3-1-4-8-15)16-9-5-2-6-10-16/h11,13,15-16H,1-10,12,14H2,(H,24,25). The van der Waals surface area contributed by atoms with E-state index in [9.17, 15) is 9.59 Å². The largest absolute Gasteiger partial charge is 0.476 e. The lowest BCUT2D eigenvalue weighted by Gasteiger charge is -2.42. The molecule has 0 aliphatic heterocycles. The topological polar surface area (TPSA) is 75.4 Å². The quantitative estimate of drug-likeness (QED) is 0.855. The summed E-state index contributed by atoms with van der Waals surface area (Å²) in [4.78, 5) is 26.2. The maximum atomic E-state index is 13.0. The molecule has 2 fully saturated rings. The second-order valence-electron chi connectivity index (χ2n) is 7.40. The molecule has 138 valence electrons. The number of nitrogens with zero attached hydrogens (tertiary/aromatic N) is 3. The average molecular weight is 347 g/mol. The van der Waals surface area contributed by atoms with Gasteiger partial charge in [0, 0.05) is 31.2 Å². The van der Waals surface area contributed by atoms with Gasteiger partial charge in [-0.3, -0.25) is 9.48 Å². The van der Waals surface area contributed by atoms with E-state index in [-0.39, 0.29) is 11.6 Å². The Bertz CT molecular complexity index is 568. The number of carbonyl (C=O) groups is 2. The molecule has 6 heteroatoms. The zero-order valence-electron chi connectivity index (χ0n) is 14.9. The summed E-state index contributed by atoms with van der Waals surface area (Å²) in [5.74, 6) is -0.817. The van der Waals surface area contributed by atoms with E-state index in [1.54, 1.807) is 10.9 Å². The minimum atomic E-state index is -1.03. The predicted molar refractivity (Wildman–Crippen MR) is 94.4 cm³/mol. The Morgan fingerprint density at radius 3 is 2.08 bits per heavy atom. The Labute approximate surface area is 149 Å². The number of hydrogen-bond acceptors (Lipinski definition) is 3. The lowest BCUT2D eigenvalue weighted by Crippen LogP contribution is -2.49. The zero-order valence-corrected chi connectivity index (χ0v) is 14.9. The van der Waals surface area contributed by atoms with Crippen LogP contribution in [0.15, 0.2) is 12.3 Å². The minimum absolute atomic E-state index is 0.0314. The van der Waals surface area contributed by atoms with E-state index in [0.717, 1.165) is 25.7 Å². The highest BCUT2D eigenvalue weighted by Gasteiger charge is 2.32. The highest BCUT2D eigenvalue weighted by molar-refractivity contribution is 5.85. The molecular formula is C19H29N3O3. The summed E-state index contributed by atoms with van der Waals surface area (Å²) in [7, 11) is 0. The van der Waals surface area contributed by atoms with Crippen LogP contribution in [0.4, 0.5) is 0 Å². The second kappa shape index (κ2) is 8.50. The smallest absolute Gasteiger partial charge is 0.356 e. The van der Waals surface area contributed by atoms with Gasteiger partial charge in [-0.1, -0.05) is 38.5 Å². The monoisotopic (exact) mass is 347 g/mol. The number of carboxylic acid groups (broad SMARTS) is 1. The maximum Gasteiger partial charge on any atom is 0.356 e. The van der Waals surface area contributed by atoms with E-state index in [1.807, 2.05) is 0 Å². The Morgan fingerprint density at radius 1 is 1.04 bits per heavy atom. The molecule has 0 bridgehead atoms. The van der Waals surface area contributed by atoms with Gasteiger partial charge in [0.05, 0.1) is 0 Å². The van der Waals surface area contributed by atoms with E-state index >= 15 is 0 Å². The van der Waals surface area contributed by atoms with Gasteiger partial charge in [0.2, 0.25) is 5.91 Å². The van der Waals surface area contributed by atoms with Crippen molar-refractivity contribution in [2.75, 3.05) is 0 Å². The van der Waals surface area contributed by atoms with Crippen molar-refractivity contribution >= 4 is 11.9 Å². The van der Waals surface area contributed by atoms with Crippen LogP contribution < -0.4 is 0 Å². The molecule has 1 heterocycles. The molecule has 0 saturated heterocycles. The number of aromatic carboxylic acids is 1. The van der Waals surface area contributed by atoms with Crippen molar-refractivity contribution in [1.29, 1.82) is 0 Å². The van der Waals surface area contributed by atoms with Crippen LogP contribution in [0.2, 0.25) is 0 Å². The molecule has 0 aromatic carbocycles. The number of aryl methyl sites for hydroxylation is 1. The van der Waals surface area contributed by atoms with Gasteiger partial charge < -0.3 is 10.0 Å². The molecule has 3 rings (SSSR count). The van der Waals surface area contributed by atoms with Gasteiger partial charge >= 0.3 is 5.97 Å². The van der Waals surface area contributed by atoms with Crippen molar-refractivity contribution in [3.05, 3.63) is 18.0 Å². The summed E-state index contributed by atoms with van der Waals surface area (Å²) in [5.41, 5.74) is 0.0314. The SMILES string of the molecule is O=C(O)c1ccn(CCC(=O)N(C2CCCCC2)C2CCCCC2)n1. The fourth-order valence-corrected chi connectivity index (χ4v) is 4.36.